The predicted molar refractivity (Wildman–Crippen MR) is 60.6 cm³/mol. The molecule has 0 spiro atoms. The minimum atomic E-state index is 0.352. The fourth-order valence-corrected chi connectivity index (χ4v) is 1.14. The van der Waals surface area contributed by atoms with Crippen LogP contribution in [0.1, 0.15) is 47.0 Å². The van der Waals surface area contributed by atoms with E-state index in [0.29, 0.717) is 5.41 Å². The summed E-state index contributed by atoms with van der Waals surface area (Å²) >= 11 is 0. The molecule has 0 aliphatic heterocycles. The predicted octanol–water partition coefficient (Wildman–Crippen LogP) is 3.26. The van der Waals surface area contributed by atoms with Crippen molar-refractivity contribution in [1.29, 1.82) is 0 Å². The lowest BCUT2D eigenvalue weighted by atomic mass is 9.86. The van der Waals surface area contributed by atoms with E-state index in [2.05, 4.69) is 27.7 Å². The molecule has 0 aromatic rings. The molecule has 0 aromatic carbocycles. The molecular weight excluding hydrogens is 176 g/mol. The van der Waals surface area contributed by atoms with Crippen LogP contribution in [-0.4, -0.2) is 26.4 Å². The largest absolute Gasteiger partial charge is 0.379 e. The standard InChI is InChI=1S/C12H26O2/c1-5-8-13-9-10-14-11-12(4,6-2)7-3/h5-11H2,1-4H3. The maximum atomic E-state index is 5.60. The van der Waals surface area contributed by atoms with Crippen LogP contribution in [0, 0.1) is 5.41 Å². The van der Waals surface area contributed by atoms with Gasteiger partial charge in [0, 0.05) is 6.61 Å². The molecule has 2 nitrogen and oxygen atoms in total. The molecule has 0 aliphatic rings. The van der Waals surface area contributed by atoms with Gasteiger partial charge in [0.05, 0.1) is 19.8 Å². The van der Waals surface area contributed by atoms with Crippen molar-refractivity contribution in [3.8, 4) is 0 Å². The lowest BCUT2D eigenvalue weighted by molar-refractivity contribution is 0.00740. The quantitative estimate of drug-likeness (QED) is 0.534. The summed E-state index contributed by atoms with van der Waals surface area (Å²) in [5.74, 6) is 0. The second kappa shape index (κ2) is 8.25. The Morgan fingerprint density at radius 3 is 1.93 bits per heavy atom. The third-order valence-corrected chi connectivity index (χ3v) is 2.88. The van der Waals surface area contributed by atoms with Crippen molar-refractivity contribution in [2.75, 3.05) is 26.4 Å². The fraction of sp³-hybridized carbons (Fsp3) is 1.00. The molecule has 0 fully saturated rings. The Hall–Kier alpha value is -0.0800. The summed E-state index contributed by atoms with van der Waals surface area (Å²) in [6, 6.07) is 0. The van der Waals surface area contributed by atoms with E-state index >= 15 is 0 Å². The second-order valence-corrected chi connectivity index (χ2v) is 4.18. The topological polar surface area (TPSA) is 18.5 Å². The number of rotatable bonds is 9. The highest BCUT2D eigenvalue weighted by Crippen LogP contribution is 2.25. The van der Waals surface area contributed by atoms with Crippen molar-refractivity contribution in [2.45, 2.75) is 47.0 Å². The van der Waals surface area contributed by atoms with E-state index in [4.69, 9.17) is 9.47 Å². The molecule has 14 heavy (non-hydrogen) atoms. The molecule has 0 radical (unpaired) electrons. The van der Waals surface area contributed by atoms with E-state index in [1.54, 1.807) is 0 Å². The Balaban J connectivity index is 3.34. The zero-order valence-corrected chi connectivity index (χ0v) is 10.3. The summed E-state index contributed by atoms with van der Waals surface area (Å²) in [4.78, 5) is 0. The molecule has 0 unspecified atom stereocenters. The van der Waals surface area contributed by atoms with Gasteiger partial charge in [-0.05, 0) is 24.7 Å². The SMILES string of the molecule is CCCOCCOCC(C)(CC)CC. The summed E-state index contributed by atoms with van der Waals surface area (Å²) in [5.41, 5.74) is 0.352. The number of hydrogen-bond acceptors (Lipinski definition) is 2. The zero-order valence-electron chi connectivity index (χ0n) is 10.3. The van der Waals surface area contributed by atoms with E-state index in [-0.39, 0.29) is 0 Å². The van der Waals surface area contributed by atoms with Gasteiger partial charge in [0.25, 0.3) is 0 Å². The van der Waals surface area contributed by atoms with Gasteiger partial charge in [-0.1, -0.05) is 27.7 Å². The monoisotopic (exact) mass is 202 g/mol. The maximum Gasteiger partial charge on any atom is 0.0700 e. The Bertz CT molecular complexity index is 119. The van der Waals surface area contributed by atoms with Crippen molar-refractivity contribution in [3.63, 3.8) is 0 Å². The summed E-state index contributed by atoms with van der Waals surface area (Å²) in [7, 11) is 0. The first kappa shape index (κ1) is 13.9. The molecule has 0 bridgehead atoms. The van der Waals surface area contributed by atoms with Crippen molar-refractivity contribution < 1.29 is 9.47 Å². The number of hydrogen-bond donors (Lipinski definition) is 0. The summed E-state index contributed by atoms with van der Waals surface area (Å²) < 4.78 is 10.9. The van der Waals surface area contributed by atoms with Crippen molar-refractivity contribution >= 4 is 0 Å². The van der Waals surface area contributed by atoms with Crippen molar-refractivity contribution in [3.05, 3.63) is 0 Å². The van der Waals surface area contributed by atoms with Crippen LogP contribution in [0.15, 0.2) is 0 Å². The lowest BCUT2D eigenvalue weighted by Gasteiger charge is -2.26. The van der Waals surface area contributed by atoms with E-state index in [1.807, 2.05) is 0 Å². The first-order valence-electron chi connectivity index (χ1n) is 5.84. The minimum absolute atomic E-state index is 0.352. The lowest BCUT2D eigenvalue weighted by Crippen LogP contribution is -2.22. The Morgan fingerprint density at radius 2 is 1.43 bits per heavy atom. The Kier molecular flexibility index (Phi) is 8.20. The molecule has 0 aromatic heterocycles. The van der Waals surface area contributed by atoms with Gasteiger partial charge < -0.3 is 9.47 Å². The highest BCUT2D eigenvalue weighted by molar-refractivity contribution is 4.69. The molecule has 86 valence electrons. The third kappa shape index (κ3) is 6.39. The molecule has 0 aliphatic carbocycles. The van der Waals surface area contributed by atoms with E-state index in [0.717, 1.165) is 32.8 Å². The van der Waals surface area contributed by atoms with Crippen LogP contribution in [0.25, 0.3) is 0 Å². The summed E-state index contributed by atoms with van der Waals surface area (Å²) in [6.07, 6.45) is 3.44. The molecular formula is C12H26O2. The zero-order chi connectivity index (χ0) is 10.9. The van der Waals surface area contributed by atoms with Crippen LogP contribution < -0.4 is 0 Å². The van der Waals surface area contributed by atoms with E-state index < -0.39 is 0 Å². The third-order valence-electron chi connectivity index (χ3n) is 2.88. The van der Waals surface area contributed by atoms with Gasteiger partial charge in [-0.3, -0.25) is 0 Å². The molecule has 0 rings (SSSR count). The Labute approximate surface area is 89.0 Å². The van der Waals surface area contributed by atoms with Crippen LogP contribution in [0.5, 0.6) is 0 Å². The van der Waals surface area contributed by atoms with Crippen LogP contribution in [0.2, 0.25) is 0 Å². The van der Waals surface area contributed by atoms with Crippen LogP contribution in [-0.2, 0) is 9.47 Å². The summed E-state index contributed by atoms with van der Waals surface area (Å²) in [5, 5.41) is 0. The number of ether oxygens (including phenoxy) is 2. The first-order valence-corrected chi connectivity index (χ1v) is 5.84. The van der Waals surface area contributed by atoms with Crippen molar-refractivity contribution in [1.82, 2.24) is 0 Å². The van der Waals surface area contributed by atoms with Gasteiger partial charge in [-0.25, -0.2) is 0 Å². The van der Waals surface area contributed by atoms with Gasteiger partial charge in [0.1, 0.15) is 0 Å². The second-order valence-electron chi connectivity index (χ2n) is 4.18. The molecule has 0 N–H and O–H groups in total. The van der Waals surface area contributed by atoms with Gasteiger partial charge in [0.2, 0.25) is 0 Å². The van der Waals surface area contributed by atoms with E-state index in [1.165, 1.54) is 12.8 Å². The van der Waals surface area contributed by atoms with Gasteiger partial charge in [-0.2, -0.15) is 0 Å². The van der Waals surface area contributed by atoms with Gasteiger partial charge in [-0.15, -0.1) is 0 Å². The molecule has 0 saturated heterocycles. The highest BCUT2D eigenvalue weighted by atomic mass is 16.5. The van der Waals surface area contributed by atoms with Gasteiger partial charge >= 0.3 is 0 Å². The molecule has 0 saturated carbocycles. The summed E-state index contributed by atoms with van der Waals surface area (Å²) in [6.45, 7) is 12.0. The van der Waals surface area contributed by atoms with E-state index in [9.17, 15) is 0 Å². The highest BCUT2D eigenvalue weighted by Gasteiger charge is 2.19. The van der Waals surface area contributed by atoms with Gasteiger partial charge in [0.15, 0.2) is 0 Å². The molecule has 0 heterocycles. The molecule has 0 atom stereocenters. The average Bonchev–Trinajstić information content (AvgIpc) is 2.23. The smallest absolute Gasteiger partial charge is 0.0700 e. The molecule has 2 heteroatoms. The molecule has 0 amide bonds. The average molecular weight is 202 g/mol. The Morgan fingerprint density at radius 1 is 0.857 bits per heavy atom. The first-order chi connectivity index (χ1) is 6.68. The fourth-order valence-electron chi connectivity index (χ4n) is 1.14. The minimum Gasteiger partial charge on any atom is -0.379 e. The van der Waals surface area contributed by atoms with Crippen LogP contribution in [0.4, 0.5) is 0 Å². The maximum absolute atomic E-state index is 5.60. The normalized spacial score (nSPS) is 12.0. The van der Waals surface area contributed by atoms with Crippen LogP contribution in [0.3, 0.4) is 0 Å². The van der Waals surface area contributed by atoms with Crippen LogP contribution >= 0.6 is 0 Å². The van der Waals surface area contributed by atoms with Crippen molar-refractivity contribution in [2.24, 2.45) is 5.41 Å².